The van der Waals surface area contributed by atoms with E-state index in [2.05, 4.69) is 60.4 Å². The van der Waals surface area contributed by atoms with Gasteiger partial charge < -0.3 is 19.7 Å². The van der Waals surface area contributed by atoms with Crippen molar-refractivity contribution in [3.8, 4) is 28.2 Å². The topological polar surface area (TPSA) is 87.8 Å². The molecule has 0 aliphatic carbocycles. The minimum atomic E-state index is -0.271. The molecule has 41 heavy (non-hydrogen) atoms. The lowest BCUT2D eigenvalue weighted by Gasteiger charge is -2.28. The number of nitrogens with zero attached hydrogens (tertiary/aromatic N) is 2. The van der Waals surface area contributed by atoms with Crippen LogP contribution in [0.25, 0.3) is 22.5 Å². The zero-order valence-corrected chi connectivity index (χ0v) is 24.4. The van der Waals surface area contributed by atoms with E-state index < -0.39 is 0 Å². The van der Waals surface area contributed by atoms with Crippen molar-refractivity contribution >= 4 is 5.91 Å². The van der Waals surface area contributed by atoms with Crippen LogP contribution in [0.5, 0.6) is 5.75 Å². The Kier molecular flexibility index (Phi) is 8.86. The first-order chi connectivity index (χ1) is 19.9. The van der Waals surface area contributed by atoms with Crippen LogP contribution in [0.3, 0.4) is 0 Å². The van der Waals surface area contributed by atoms with Crippen molar-refractivity contribution < 1.29 is 19.2 Å². The molecule has 0 unspecified atom stereocenters. The summed E-state index contributed by atoms with van der Waals surface area (Å²) in [6, 6.07) is 20.6. The largest absolute Gasteiger partial charge is 0.488 e. The highest BCUT2D eigenvalue weighted by Gasteiger charge is 2.28. The van der Waals surface area contributed by atoms with Gasteiger partial charge in [0.25, 0.3) is 5.91 Å². The number of β-amino-alcohol motifs (C(OH)–C–C–N with tert-alkyl or cyclic N) is 1. The Labute approximate surface area is 242 Å². The van der Waals surface area contributed by atoms with Crippen LogP contribution in [0, 0.1) is 6.92 Å². The summed E-state index contributed by atoms with van der Waals surface area (Å²) in [4.78, 5) is 15.5. The second-order valence-corrected chi connectivity index (χ2v) is 11.0. The van der Waals surface area contributed by atoms with Gasteiger partial charge in [0.05, 0.1) is 17.7 Å². The number of ether oxygens (including phenoxy) is 1. The lowest BCUT2D eigenvalue weighted by atomic mass is 9.90. The molecule has 0 spiro atoms. The minimum Gasteiger partial charge on any atom is -0.488 e. The van der Waals surface area contributed by atoms with E-state index in [0.717, 1.165) is 41.8 Å². The van der Waals surface area contributed by atoms with Crippen LogP contribution in [0.1, 0.15) is 65.0 Å². The number of amides is 1. The van der Waals surface area contributed by atoms with Crippen molar-refractivity contribution in [1.29, 1.82) is 0 Å². The summed E-state index contributed by atoms with van der Waals surface area (Å²) in [5.41, 5.74) is 8.45. The van der Waals surface area contributed by atoms with E-state index in [0.29, 0.717) is 36.8 Å². The van der Waals surface area contributed by atoms with Crippen molar-refractivity contribution in [3.05, 3.63) is 94.2 Å². The van der Waals surface area contributed by atoms with Crippen LogP contribution in [0.4, 0.5) is 0 Å². The van der Waals surface area contributed by atoms with Gasteiger partial charge in [0.1, 0.15) is 12.4 Å². The summed E-state index contributed by atoms with van der Waals surface area (Å²) in [6.45, 7) is 11.7. The number of aryl methyl sites for hydroxylation is 1. The molecular weight excluding hydrogens is 514 g/mol. The molecule has 2 N–H and O–H groups in total. The highest BCUT2D eigenvalue weighted by molar-refractivity contribution is 6.02. The average molecular weight is 554 g/mol. The van der Waals surface area contributed by atoms with Gasteiger partial charge in [-0.15, -0.1) is 0 Å². The van der Waals surface area contributed by atoms with Gasteiger partial charge in [-0.3, -0.25) is 9.69 Å². The van der Waals surface area contributed by atoms with Crippen molar-refractivity contribution in [2.45, 2.75) is 53.2 Å². The second-order valence-electron chi connectivity index (χ2n) is 11.0. The van der Waals surface area contributed by atoms with E-state index >= 15 is 0 Å². The van der Waals surface area contributed by atoms with Gasteiger partial charge in [-0.05, 0) is 71.7 Å². The molecule has 0 saturated heterocycles. The maximum absolute atomic E-state index is 13.2. The molecule has 0 fully saturated rings. The summed E-state index contributed by atoms with van der Waals surface area (Å²) < 4.78 is 12.4. The summed E-state index contributed by atoms with van der Waals surface area (Å²) in [7, 11) is 0. The number of hydrogen-bond acceptors (Lipinski definition) is 6. The first kappa shape index (κ1) is 28.6. The van der Waals surface area contributed by atoms with Crippen LogP contribution < -0.4 is 10.1 Å². The van der Waals surface area contributed by atoms with Crippen molar-refractivity contribution in [2.75, 3.05) is 26.2 Å². The standard InChI is InChI=1S/C34H39N3O4/c1-5-35-34(39)32-31(26-11-12-27-20-37(15-16-38)14-13-25(27)18-26)33(41-36-32)29-19-28(22(2)3)23(4)17-30(29)40-21-24-9-7-6-8-10-24/h6-12,17-19,22,38H,5,13-16,20-21H2,1-4H3,(H,35,39). The summed E-state index contributed by atoms with van der Waals surface area (Å²) >= 11 is 0. The maximum atomic E-state index is 13.2. The third-order valence-electron chi connectivity index (χ3n) is 7.72. The Balaban J connectivity index is 1.63. The van der Waals surface area contributed by atoms with Gasteiger partial charge in [0.15, 0.2) is 11.5 Å². The molecule has 3 aromatic carbocycles. The molecule has 0 bridgehead atoms. The molecule has 1 aromatic heterocycles. The fraction of sp³-hybridized carbons (Fsp3) is 0.353. The lowest BCUT2D eigenvalue weighted by Crippen LogP contribution is -2.32. The number of rotatable bonds is 10. The average Bonchev–Trinajstić information content (AvgIpc) is 3.41. The van der Waals surface area contributed by atoms with Crippen LogP contribution >= 0.6 is 0 Å². The molecule has 7 nitrogen and oxygen atoms in total. The maximum Gasteiger partial charge on any atom is 0.274 e. The fourth-order valence-corrected chi connectivity index (χ4v) is 5.59. The predicted octanol–water partition coefficient (Wildman–Crippen LogP) is 6.12. The molecule has 0 radical (unpaired) electrons. The van der Waals surface area contributed by atoms with E-state index in [4.69, 9.17) is 9.26 Å². The van der Waals surface area contributed by atoms with Crippen molar-refractivity contribution in [2.24, 2.45) is 0 Å². The Bertz CT molecular complexity index is 1510. The smallest absolute Gasteiger partial charge is 0.274 e. The Morgan fingerprint density at radius 2 is 1.93 bits per heavy atom. The van der Waals surface area contributed by atoms with E-state index in [9.17, 15) is 9.90 Å². The van der Waals surface area contributed by atoms with Crippen molar-refractivity contribution in [3.63, 3.8) is 0 Å². The number of carbonyl (C=O) groups excluding carboxylic acids is 1. The number of aliphatic hydroxyl groups is 1. The minimum absolute atomic E-state index is 0.150. The number of carbonyl (C=O) groups is 1. The first-order valence-corrected chi connectivity index (χ1v) is 14.4. The van der Waals surface area contributed by atoms with E-state index in [1.54, 1.807) is 0 Å². The Morgan fingerprint density at radius 1 is 1.12 bits per heavy atom. The third kappa shape index (κ3) is 6.21. The van der Waals surface area contributed by atoms with Gasteiger partial charge in [-0.25, -0.2) is 0 Å². The Morgan fingerprint density at radius 3 is 2.66 bits per heavy atom. The normalized spacial score (nSPS) is 13.3. The second kappa shape index (κ2) is 12.7. The number of benzene rings is 3. The molecule has 0 atom stereocenters. The fourth-order valence-electron chi connectivity index (χ4n) is 5.59. The quantitative estimate of drug-likeness (QED) is 0.246. The molecule has 7 heteroatoms. The number of fused-ring (bicyclic) bond motifs is 1. The van der Waals surface area contributed by atoms with Crippen LogP contribution in [-0.2, 0) is 19.6 Å². The summed E-state index contributed by atoms with van der Waals surface area (Å²) in [6.07, 6.45) is 0.869. The van der Waals surface area contributed by atoms with E-state index in [1.807, 2.05) is 43.3 Å². The number of nitrogens with one attached hydrogen (secondary N) is 1. The summed E-state index contributed by atoms with van der Waals surface area (Å²) in [5.74, 6) is 1.23. The SMILES string of the molecule is CCNC(=O)c1noc(-c2cc(C(C)C)c(C)cc2OCc2ccccc2)c1-c1ccc2c(c1)CCN(CCO)C2. The molecule has 4 aromatic rings. The zero-order valence-electron chi connectivity index (χ0n) is 24.4. The van der Waals surface area contributed by atoms with Crippen LogP contribution in [0.15, 0.2) is 65.2 Å². The molecular formula is C34H39N3O4. The predicted molar refractivity (Wildman–Crippen MR) is 161 cm³/mol. The van der Waals surface area contributed by atoms with E-state index in [-0.39, 0.29) is 24.1 Å². The number of aliphatic hydroxyl groups excluding tert-OH is 1. The highest BCUT2D eigenvalue weighted by Crippen LogP contribution is 2.43. The zero-order chi connectivity index (χ0) is 28.9. The molecule has 2 heterocycles. The number of aromatic nitrogens is 1. The van der Waals surface area contributed by atoms with Gasteiger partial charge in [0, 0.05) is 26.2 Å². The van der Waals surface area contributed by atoms with Gasteiger partial charge in [-0.1, -0.05) is 67.5 Å². The summed E-state index contributed by atoms with van der Waals surface area (Å²) in [5, 5.41) is 16.6. The van der Waals surface area contributed by atoms with Crippen LogP contribution in [-0.4, -0.2) is 47.3 Å². The highest BCUT2D eigenvalue weighted by atomic mass is 16.5. The number of hydrogen-bond donors (Lipinski definition) is 2. The van der Waals surface area contributed by atoms with Gasteiger partial charge >= 0.3 is 0 Å². The van der Waals surface area contributed by atoms with Gasteiger partial charge in [-0.2, -0.15) is 0 Å². The molecule has 5 rings (SSSR count). The third-order valence-corrected chi connectivity index (χ3v) is 7.72. The molecule has 0 saturated carbocycles. The first-order valence-electron chi connectivity index (χ1n) is 14.4. The lowest BCUT2D eigenvalue weighted by molar-refractivity contribution is 0.0947. The monoisotopic (exact) mass is 553 g/mol. The van der Waals surface area contributed by atoms with Crippen LogP contribution in [0.2, 0.25) is 0 Å². The van der Waals surface area contributed by atoms with E-state index in [1.165, 1.54) is 16.7 Å². The van der Waals surface area contributed by atoms with Crippen molar-refractivity contribution in [1.82, 2.24) is 15.4 Å². The van der Waals surface area contributed by atoms with Gasteiger partial charge in [0.2, 0.25) is 0 Å². The molecule has 1 aliphatic rings. The molecule has 214 valence electrons. The molecule has 1 amide bonds. The molecule has 1 aliphatic heterocycles. The Hall–Kier alpha value is -3.94.